The van der Waals surface area contributed by atoms with Crippen molar-refractivity contribution >= 4 is 17.7 Å². The van der Waals surface area contributed by atoms with Crippen molar-refractivity contribution in [3.8, 4) is 0 Å². The van der Waals surface area contributed by atoms with Crippen LogP contribution in [0.1, 0.15) is 11.1 Å². The lowest BCUT2D eigenvalue weighted by atomic mass is 10.1. The Morgan fingerprint density at radius 1 is 0.800 bits per heavy atom. The van der Waals surface area contributed by atoms with Crippen LogP contribution < -0.4 is 5.56 Å². The molecule has 0 spiro atoms. The summed E-state index contributed by atoms with van der Waals surface area (Å²) >= 11 is 0. The van der Waals surface area contributed by atoms with Gasteiger partial charge in [0.15, 0.2) is 0 Å². The van der Waals surface area contributed by atoms with Crippen LogP contribution in [0.15, 0.2) is 89.9 Å². The van der Waals surface area contributed by atoms with Crippen molar-refractivity contribution in [1.82, 2.24) is 14.4 Å². The highest BCUT2D eigenvalue weighted by Gasteiger charge is 2.25. The summed E-state index contributed by atoms with van der Waals surface area (Å²) in [6.45, 7) is 3.78. The Morgan fingerprint density at radius 3 is 2.10 bits per heavy atom. The molecular weight excluding hydrogens is 374 g/mol. The predicted molar refractivity (Wildman–Crippen MR) is 120 cm³/mol. The van der Waals surface area contributed by atoms with Crippen LogP contribution in [0.2, 0.25) is 0 Å². The molecular formula is C25H25N3O2. The SMILES string of the molecule is O=C(C(=Cc1ccccc1)n1ccccc1=O)N1CCN(Cc2ccccc2)CC1. The Labute approximate surface area is 176 Å². The Kier molecular flexibility index (Phi) is 6.20. The molecule has 1 aromatic heterocycles. The minimum Gasteiger partial charge on any atom is -0.335 e. The van der Waals surface area contributed by atoms with Gasteiger partial charge in [-0.05, 0) is 23.3 Å². The molecule has 0 bridgehead atoms. The molecule has 0 unspecified atom stereocenters. The Balaban J connectivity index is 1.52. The minimum atomic E-state index is -0.212. The van der Waals surface area contributed by atoms with Crippen molar-refractivity contribution in [2.24, 2.45) is 0 Å². The molecule has 3 aromatic rings. The molecule has 152 valence electrons. The highest BCUT2D eigenvalue weighted by molar-refractivity contribution is 6.18. The number of piperazine rings is 1. The molecule has 0 aliphatic carbocycles. The number of hydrogen-bond acceptors (Lipinski definition) is 3. The van der Waals surface area contributed by atoms with Crippen LogP contribution in [0, 0.1) is 0 Å². The fourth-order valence-corrected chi connectivity index (χ4v) is 3.68. The summed E-state index contributed by atoms with van der Waals surface area (Å²) in [5.74, 6) is -0.119. The summed E-state index contributed by atoms with van der Waals surface area (Å²) in [7, 11) is 0. The van der Waals surface area contributed by atoms with Crippen LogP contribution in [0.25, 0.3) is 11.8 Å². The van der Waals surface area contributed by atoms with E-state index in [1.807, 2.05) is 53.4 Å². The molecule has 1 aliphatic heterocycles. The van der Waals surface area contributed by atoms with Gasteiger partial charge in [-0.2, -0.15) is 0 Å². The maximum Gasteiger partial charge on any atom is 0.271 e. The van der Waals surface area contributed by atoms with E-state index in [1.54, 1.807) is 24.4 Å². The first kappa shape index (κ1) is 19.9. The summed E-state index contributed by atoms with van der Waals surface area (Å²) in [5.41, 5.74) is 2.33. The van der Waals surface area contributed by atoms with E-state index in [4.69, 9.17) is 0 Å². The molecule has 1 amide bonds. The van der Waals surface area contributed by atoms with Gasteiger partial charge in [0.25, 0.3) is 11.5 Å². The summed E-state index contributed by atoms with van der Waals surface area (Å²) < 4.78 is 1.44. The van der Waals surface area contributed by atoms with Gasteiger partial charge in [0, 0.05) is 45.0 Å². The largest absolute Gasteiger partial charge is 0.335 e. The van der Waals surface area contributed by atoms with Crippen molar-refractivity contribution in [3.63, 3.8) is 0 Å². The number of amides is 1. The van der Waals surface area contributed by atoms with E-state index < -0.39 is 0 Å². The van der Waals surface area contributed by atoms with Gasteiger partial charge in [0.1, 0.15) is 5.70 Å². The summed E-state index contributed by atoms with van der Waals surface area (Å²) in [5, 5.41) is 0. The summed E-state index contributed by atoms with van der Waals surface area (Å²) in [6, 6.07) is 24.9. The molecule has 1 fully saturated rings. The fraction of sp³-hybridized carbons (Fsp3) is 0.200. The lowest BCUT2D eigenvalue weighted by Crippen LogP contribution is -2.49. The quantitative estimate of drug-likeness (QED) is 0.619. The second kappa shape index (κ2) is 9.37. The highest BCUT2D eigenvalue weighted by atomic mass is 16.2. The van der Waals surface area contributed by atoms with E-state index in [-0.39, 0.29) is 11.5 Å². The zero-order chi connectivity index (χ0) is 20.8. The van der Waals surface area contributed by atoms with E-state index >= 15 is 0 Å². The number of rotatable bonds is 5. The fourth-order valence-electron chi connectivity index (χ4n) is 3.68. The first-order valence-corrected chi connectivity index (χ1v) is 10.2. The van der Waals surface area contributed by atoms with Gasteiger partial charge in [0.2, 0.25) is 0 Å². The minimum absolute atomic E-state index is 0.119. The summed E-state index contributed by atoms with van der Waals surface area (Å²) in [4.78, 5) is 30.0. The van der Waals surface area contributed by atoms with Crippen molar-refractivity contribution in [2.75, 3.05) is 26.2 Å². The lowest BCUT2D eigenvalue weighted by molar-refractivity contribution is -0.127. The molecule has 30 heavy (non-hydrogen) atoms. The van der Waals surface area contributed by atoms with Gasteiger partial charge in [-0.25, -0.2) is 0 Å². The molecule has 4 rings (SSSR count). The number of carbonyl (C=O) groups excluding carboxylic acids is 1. The van der Waals surface area contributed by atoms with Crippen LogP contribution in [0.4, 0.5) is 0 Å². The van der Waals surface area contributed by atoms with E-state index in [0.717, 1.165) is 25.2 Å². The molecule has 0 saturated carbocycles. The van der Waals surface area contributed by atoms with Gasteiger partial charge in [0.05, 0.1) is 0 Å². The average Bonchev–Trinajstić information content (AvgIpc) is 2.80. The number of nitrogens with zero attached hydrogens (tertiary/aromatic N) is 3. The molecule has 1 saturated heterocycles. The van der Waals surface area contributed by atoms with E-state index in [9.17, 15) is 9.59 Å². The highest BCUT2D eigenvalue weighted by Crippen LogP contribution is 2.16. The maximum absolute atomic E-state index is 13.4. The van der Waals surface area contributed by atoms with Crippen molar-refractivity contribution in [2.45, 2.75) is 6.54 Å². The normalized spacial score (nSPS) is 15.2. The van der Waals surface area contributed by atoms with Crippen LogP contribution in [-0.2, 0) is 11.3 Å². The second-order valence-electron chi connectivity index (χ2n) is 7.40. The van der Waals surface area contributed by atoms with Crippen molar-refractivity contribution < 1.29 is 4.79 Å². The molecule has 2 aromatic carbocycles. The molecule has 5 heteroatoms. The smallest absolute Gasteiger partial charge is 0.271 e. The Hall–Kier alpha value is -3.44. The number of pyridine rings is 1. The van der Waals surface area contributed by atoms with E-state index in [2.05, 4.69) is 17.0 Å². The number of aromatic nitrogens is 1. The first-order chi connectivity index (χ1) is 14.7. The van der Waals surface area contributed by atoms with Gasteiger partial charge in [-0.15, -0.1) is 0 Å². The second-order valence-corrected chi connectivity index (χ2v) is 7.40. The third kappa shape index (κ3) is 4.75. The zero-order valence-electron chi connectivity index (χ0n) is 16.9. The van der Waals surface area contributed by atoms with Crippen LogP contribution in [-0.4, -0.2) is 46.5 Å². The average molecular weight is 399 g/mol. The maximum atomic E-state index is 13.4. The first-order valence-electron chi connectivity index (χ1n) is 10.2. The molecule has 0 N–H and O–H groups in total. The third-order valence-electron chi connectivity index (χ3n) is 5.31. The topological polar surface area (TPSA) is 45.6 Å². The molecule has 1 aliphatic rings. The third-order valence-corrected chi connectivity index (χ3v) is 5.31. The molecule has 0 radical (unpaired) electrons. The van der Waals surface area contributed by atoms with Crippen LogP contribution in [0.5, 0.6) is 0 Å². The van der Waals surface area contributed by atoms with Gasteiger partial charge >= 0.3 is 0 Å². The predicted octanol–water partition coefficient (Wildman–Crippen LogP) is 3.19. The number of hydrogen-bond donors (Lipinski definition) is 0. The monoisotopic (exact) mass is 399 g/mol. The lowest BCUT2D eigenvalue weighted by Gasteiger charge is -2.35. The van der Waals surface area contributed by atoms with Gasteiger partial charge in [-0.3, -0.25) is 19.1 Å². The van der Waals surface area contributed by atoms with E-state index in [1.165, 1.54) is 16.2 Å². The standard InChI is InChI=1S/C25H25N3O2/c29-24-13-7-8-14-28(24)23(19-21-9-3-1-4-10-21)25(30)27-17-15-26(16-18-27)20-22-11-5-2-6-12-22/h1-14,19H,15-18,20H2. The van der Waals surface area contributed by atoms with Crippen molar-refractivity contribution in [3.05, 3.63) is 107 Å². The van der Waals surface area contributed by atoms with Crippen molar-refractivity contribution in [1.29, 1.82) is 0 Å². The van der Waals surface area contributed by atoms with Gasteiger partial charge in [-0.1, -0.05) is 66.7 Å². The Bertz CT molecular complexity index is 1070. The van der Waals surface area contributed by atoms with Crippen LogP contribution in [0.3, 0.4) is 0 Å². The van der Waals surface area contributed by atoms with Crippen LogP contribution >= 0.6 is 0 Å². The summed E-state index contributed by atoms with van der Waals surface area (Å²) in [6.07, 6.45) is 3.45. The molecule has 0 atom stereocenters. The van der Waals surface area contributed by atoms with Gasteiger partial charge < -0.3 is 4.90 Å². The molecule has 2 heterocycles. The number of carbonyl (C=O) groups is 1. The zero-order valence-corrected chi connectivity index (χ0v) is 16.9. The molecule has 5 nitrogen and oxygen atoms in total. The number of benzene rings is 2. The van der Waals surface area contributed by atoms with E-state index in [0.29, 0.717) is 18.8 Å². The Morgan fingerprint density at radius 2 is 1.43 bits per heavy atom.